The smallest absolute Gasteiger partial charge is 0.406 e. The van der Waals surface area contributed by atoms with Crippen LogP contribution in [0.15, 0.2) is 64.7 Å². The Morgan fingerprint density at radius 1 is 1.04 bits per heavy atom. The van der Waals surface area contributed by atoms with Crippen molar-refractivity contribution in [3.05, 3.63) is 70.9 Å². The molecule has 3 rings (SSSR count). The number of nitrogens with two attached hydrogens (primary N) is 1. The van der Waals surface area contributed by atoms with E-state index in [0.717, 1.165) is 28.6 Å². The number of piperazine rings is 1. The summed E-state index contributed by atoms with van der Waals surface area (Å²) in [5.41, 5.74) is 6.00. The van der Waals surface area contributed by atoms with E-state index in [1.165, 1.54) is 53.3 Å². The van der Waals surface area contributed by atoms with Gasteiger partial charge in [-0.25, -0.2) is 22.0 Å². The number of amides is 3. The van der Waals surface area contributed by atoms with Gasteiger partial charge >= 0.3 is 12.4 Å². The molecule has 0 spiro atoms. The molecule has 1 saturated heterocycles. The highest BCUT2D eigenvalue weighted by Gasteiger charge is 2.41. The van der Waals surface area contributed by atoms with Gasteiger partial charge < -0.3 is 20.7 Å². The summed E-state index contributed by atoms with van der Waals surface area (Å²) in [6.07, 6.45) is -3.66. The number of nitrogens with zero attached hydrogens (tertiary/aromatic N) is 2. The minimum absolute atomic E-state index is 0.0341. The lowest BCUT2D eigenvalue weighted by molar-refractivity contribution is -0.274. The number of rotatable bonds is 10. The zero-order valence-corrected chi connectivity index (χ0v) is 26.7. The van der Waals surface area contributed by atoms with E-state index in [9.17, 15) is 40.0 Å². The molecule has 0 bridgehead atoms. The molecule has 2 aromatic rings. The second kappa shape index (κ2) is 16.1. The third-order valence-corrected chi connectivity index (χ3v) is 8.78. The molecule has 1 aliphatic heterocycles. The summed E-state index contributed by atoms with van der Waals surface area (Å²) in [6.45, 7) is 4.35. The molecule has 17 heteroatoms. The van der Waals surface area contributed by atoms with Crippen molar-refractivity contribution >= 4 is 33.7 Å². The molecule has 3 amide bonds. The van der Waals surface area contributed by atoms with E-state index >= 15 is 0 Å². The average Bonchev–Trinajstić information content (AvgIpc) is 3.00. The van der Waals surface area contributed by atoms with Crippen molar-refractivity contribution in [1.29, 1.82) is 0 Å². The summed E-state index contributed by atoms with van der Waals surface area (Å²) in [5, 5.41) is 6.48. The highest BCUT2D eigenvalue weighted by molar-refractivity contribution is 8.01. The maximum absolute atomic E-state index is 13.9. The monoisotopic (exact) mass is 681 g/mol. The summed E-state index contributed by atoms with van der Waals surface area (Å²) in [4.78, 5) is 26.9. The molecule has 1 heterocycles. The van der Waals surface area contributed by atoms with E-state index in [4.69, 9.17) is 5.73 Å². The summed E-state index contributed by atoms with van der Waals surface area (Å²) in [7, 11) is -4.45. The second-order valence-electron chi connectivity index (χ2n) is 9.31. The summed E-state index contributed by atoms with van der Waals surface area (Å²) >= 11 is 1.23. The zero-order chi connectivity index (χ0) is 34.0. The molecular formula is C28H36F5N5O5S2. The second-order valence-corrected chi connectivity index (χ2v) is 11.9. The van der Waals surface area contributed by atoms with E-state index in [2.05, 4.69) is 15.4 Å². The van der Waals surface area contributed by atoms with Crippen LogP contribution in [0.5, 0.6) is 5.75 Å². The Bertz CT molecular complexity index is 1420. The summed E-state index contributed by atoms with van der Waals surface area (Å²) < 4.78 is 97.2. The molecule has 0 aliphatic carbocycles. The number of urea groups is 1. The average molecular weight is 682 g/mol. The van der Waals surface area contributed by atoms with E-state index in [1.807, 2.05) is 13.8 Å². The molecule has 10 nitrogen and oxygen atoms in total. The molecular weight excluding hydrogens is 645 g/mol. The Labute approximate surface area is 263 Å². The number of carbonyl (C=O) groups excluding carboxylic acids is 2. The molecule has 45 heavy (non-hydrogen) atoms. The van der Waals surface area contributed by atoms with Crippen molar-refractivity contribution in [2.45, 2.75) is 57.0 Å². The Balaban J connectivity index is 0.00000345. The summed E-state index contributed by atoms with van der Waals surface area (Å²) in [5.74, 6) is -4.42. The number of nitrogens with one attached hydrogen (secondary N) is 2. The molecule has 0 radical (unpaired) electrons. The van der Waals surface area contributed by atoms with Crippen LogP contribution in [-0.4, -0.2) is 67.9 Å². The van der Waals surface area contributed by atoms with E-state index < -0.39 is 57.4 Å². The van der Waals surface area contributed by atoms with Crippen LogP contribution in [-0.2, 0) is 27.3 Å². The predicted octanol–water partition coefficient (Wildman–Crippen LogP) is 4.93. The van der Waals surface area contributed by atoms with Gasteiger partial charge in [0.25, 0.3) is 5.92 Å². The number of carbonyl (C=O) groups is 2. The van der Waals surface area contributed by atoms with Gasteiger partial charge in [0.15, 0.2) is 0 Å². The largest absolute Gasteiger partial charge is 0.573 e. The van der Waals surface area contributed by atoms with Gasteiger partial charge in [-0.05, 0) is 36.1 Å². The van der Waals surface area contributed by atoms with Gasteiger partial charge in [0, 0.05) is 43.6 Å². The molecule has 1 aliphatic rings. The van der Waals surface area contributed by atoms with Crippen LogP contribution in [0.1, 0.15) is 38.3 Å². The predicted molar refractivity (Wildman–Crippen MR) is 161 cm³/mol. The van der Waals surface area contributed by atoms with Gasteiger partial charge in [0.1, 0.15) is 17.6 Å². The molecule has 0 unspecified atom stereocenters. The van der Waals surface area contributed by atoms with Crippen molar-refractivity contribution in [2.75, 3.05) is 25.9 Å². The highest BCUT2D eigenvalue weighted by atomic mass is 32.2. The van der Waals surface area contributed by atoms with E-state index in [0.29, 0.717) is 5.56 Å². The number of hydrogen-bond acceptors (Lipinski definition) is 7. The molecule has 0 aromatic heterocycles. The maximum atomic E-state index is 13.9. The zero-order valence-electron chi connectivity index (χ0n) is 25.0. The number of alkyl halides is 5. The van der Waals surface area contributed by atoms with Gasteiger partial charge in [0.05, 0.1) is 4.90 Å². The van der Waals surface area contributed by atoms with Crippen molar-refractivity contribution in [2.24, 2.45) is 5.73 Å². The molecule has 4 N–H and O–H groups in total. The highest BCUT2D eigenvalue weighted by Crippen LogP contribution is 2.31. The van der Waals surface area contributed by atoms with Crippen LogP contribution in [0.25, 0.3) is 0 Å². The van der Waals surface area contributed by atoms with Crippen LogP contribution in [0.4, 0.5) is 26.7 Å². The molecule has 1 atom stereocenters. The van der Waals surface area contributed by atoms with Crippen LogP contribution in [0.2, 0.25) is 0 Å². The first-order chi connectivity index (χ1) is 21.1. The number of ether oxygens (including phenoxy) is 1. The quantitative estimate of drug-likeness (QED) is 0.303. The molecule has 1 fully saturated rings. The number of sulfonamides is 1. The number of hydrogen-bond donors (Lipinski definition) is 3. The fraction of sp³-hybridized carbons (Fsp3) is 0.429. The lowest BCUT2D eigenvalue weighted by Crippen LogP contribution is -2.62. The Hall–Kier alpha value is -3.57. The van der Waals surface area contributed by atoms with Gasteiger partial charge in [-0.15, -0.1) is 24.9 Å². The normalized spacial score (nSPS) is 16.3. The number of benzene rings is 2. The van der Waals surface area contributed by atoms with Crippen molar-refractivity contribution in [3.63, 3.8) is 0 Å². The van der Waals surface area contributed by atoms with E-state index in [1.54, 1.807) is 6.26 Å². The Morgan fingerprint density at radius 3 is 2.18 bits per heavy atom. The van der Waals surface area contributed by atoms with Crippen LogP contribution < -0.4 is 21.1 Å². The Kier molecular flexibility index (Phi) is 13.5. The van der Waals surface area contributed by atoms with Gasteiger partial charge in [-0.1, -0.05) is 45.0 Å². The number of halogens is 5. The molecule has 2 aromatic carbocycles. The maximum Gasteiger partial charge on any atom is 0.573 e. The fourth-order valence-electron chi connectivity index (χ4n) is 4.14. The number of thioether (sulfide) groups is 1. The van der Waals surface area contributed by atoms with Crippen LogP contribution in [0.3, 0.4) is 0 Å². The lowest BCUT2D eigenvalue weighted by atomic mass is 10.0. The van der Waals surface area contributed by atoms with Gasteiger partial charge in [-0.3, -0.25) is 10.1 Å². The third-order valence-electron chi connectivity index (χ3n) is 6.37. The SMILES string of the molecule is CC.CCC(F)(F)c1ccc(CNC(=O)[C@H]2CN(C(=O)N/C(N)=C/SC)CCN2S(=O)(=O)c2ccc(OC(F)(F)F)cc2)cc1. The first kappa shape index (κ1) is 37.6. The topological polar surface area (TPSA) is 134 Å². The van der Waals surface area contributed by atoms with Crippen molar-refractivity contribution in [3.8, 4) is 5.75 Å². The first-order valence-electron chi connectivity index (χ1n) is 13.7. The fourth-order valence-corrected chi connectivity index (χ4v) is 6.02. The van der Waals surface area contributed by atoms with Gasteiger partial charge in [0.2, 0.25) is 15.9 Å². The molecule has 250 valence electrons. The van der Waals surface area contributed by atoms with Crippen molar-refractivity contribution in [1.82, 2.24) is 19.8 Å². The van der Waals surface area contributed by atoms with Crippen LogP contribution in [0, 0.1) is 0 Å². The van der Waals surface area contributed by atoms with Crippen molar-refractivity contribution < 1.29 is 44.7 Å². The first-order valence-corrected chi connectivity index (χ1v) is 16.5. The molecule has 0 saturated carbocycles. The van der Waals surface area contributed by atoms with Crippen LogP contribution >= 0.6 is 11.8 Å². The van der Waals surface area contributed by atoms with E-state index in [-0.39, 0.29) is 37.6 Å². The third kappa shape index (κ3) is 10.5. The Morgan fingerprint density at radius 2 is 1.64 bits per heavy atom. The summed E-state index contributed by atoms with van der Waals surface area (Å²) in [6, 6.07) is 6.60. The van der Waals surface area contributed by atoms with Gasteiger partial charge in [-0.2, -0.15) is 4.31 Å². The lowest BCUT2D eigenvalue weighted by Gasteiger charge is -2.39. The standard InChI is InChI=1S/C26H30F5N5O5S2.C2H6/c1-3-25(27,28)18-6-4-17(5-7-18)14-33-23(37)21-15-35(24(38)34-22(32)16-42-2)12-13-36(21)43(39,40)20-10-8-19(9-11-20)41-26(29,30)31;1-2/h4-11,16,21H,3,12-15,32H2,1-2H3,(H,33,37)(H,34,38);1-2H3/b22-16+;/t21-;/m1./s1. The minimum Gasteiger partial charge on any atom is -0.406 e. The minimum atomic E-state index is -4.98.